The first-order chi connectivity index (χ1) is 16.0. The molecule has 4 heterocycles. The second kappa shape index (κ2) is 9.94. The van der Waals surface area contributed by atoms with E-state index in [0.717, 1.165) is 26.2 Å². The molecule has 10 heteroatoms. The Morgan fingerprint density at radius 1 is 0.667 bits per heavy atom. The highest BCUT2D eigenvalue weighted by Crippen LogP contribution is 2.20. The number of benzene rings is 1. The zero-order valence-electron chi connectivity index (χ0n) is 18.7. The molecule has 0 radical (unpaired) electrons. The Morgan fingerprint density at radius 3 is 1.55 bits per heavy atom. The summed E-state index contributed by atoms with van der Waals surface area (Å²) in [4.78, 5) is 39.3. The molecule has 0 aliphatic carbocycles. The number of carbonyl (C=O) groups is 2. The van der Waals surface area contributed by atoms with Crippen molar-refractivity contribution in [2.75, 3.05) is 31.1 Å². The summed E-state index contributed by atoms with van der Waals surface area (Å²) >= 11 is 0. The topological polar surface area (TPSA) is 94.1 Å². The number of hydrogen-bond acceptors (Lipinski definition) is 6. The second-order valence-corrected chi connectivity index (χ2v) is 7.80. The van der Waals surface area contributed by atoms with Crippen LogP contribution in [0.2, 0.25) is 0 Å². The van der Waals surface area contributed by atoms with E-state index in [1.165, 1.54) is 43.2 Å². The molecular weight excluding hydrogens is 420 g/mol. The van der Waals surface area contributed by atoms with Crippen molar-refractivity contribution in [2.45, 2.75) is 13.8 Å². The monoisotopic (exact) mass is 446 g/mol. The molecule has 0 bridgehead atoms. The van der Waals surface area contributed by atoms with E-state index < -0.39 is 0 Å². The number of piperazine rings is 1. The van der Waals surface area contributed by atoms with Crippen LogP contribution in [0, 0.1) is 13.8 Å². The van der Waals surface area contributed by atoms with Crippen molar-refractivity contribution in [2.24, 2.45) is 0 Å². The average molecular weight is 447 g/mol. The molecule has 1 amide bonds. The predicted molar refractivity (Wildman–Crippen MR) is 123 cm³/mol. The van der Waals surface area contributed by atoms with Crippen molar-refractivity contribution in [1.82, 2.24) is 33.6 Å². The molecule has 0 spiro atoms. The van der Waals surface area contributed by atoms with Gasteiger partial charge in [-0.1, -0.05) is 6.07 Å². The van der Waals surface area contributed by atoms with Gasteiger partial charge >= 0.3 is 12.1 Å². The fourth-order valence-corrected chi connectivity index (χ4v) is 3.70. The van der Waals surface area contributed by atoms with Crippen LogP contribution in [0.15, 0.2) is 74.4 Å². The number of rotatable bonds is 1. The Balaban J connectivity index is 0.000000183. The Bertz CT molecular complexity index is 1120. The Labute approximate surface area is 191 Å². The molecule has 1 aliphatic heterocycles. The van der Waals surface area contributed by atoms with Gasteiger partial charge in [0, 0.05) is 69.0 Å². The molecule has 5 rings (SSSR count). The van der Waals surface area contributed by atoms with Gasteiger partial charge in [0.1, 0.15) is 19.0 Å². The first kappa shape index (κ1) is 22.0. The minimum atomic E-state index is -0.190. The minimum absolute atomic E-state index is 0.00701. The molecule has 1 aromatic carbocycles. The highest BCUT2D eigenvalue weighted by molar-refractivity contribution is 5.78. The van der Waals surface area contributed by atoms with Crippen LogP contribution in [0.4, 0.5) is 15.3 Å². The first-order valence-electron chi connectivity index (χ1n) is 10.6. The first-order valence-corrected chi connectivity index (χ1v) is 10.6. The number of anilines is 1. The summed E-state index contributed by atoms with van der Waals surface area (Å²) in [5, 5.41) is 0. The van der Waals surface area contributed by atoms with Crippen LogP contribution in [0.5, 0.6) is 0 Å². The van der Waals surface area contributed by atoms with Crippen LogP contribution in [-0.2, 0) is 0 Å². The van der Waals surface area contributed by atoms with E-state index in [9.17, 15) is 9.59 Å². The number of aromatic nitrogens is 6. The quantitative estimate of drug-likeness (QED) is 0.446. The maximum Gasteiger partial charge on any atom is 0.338 e. The lowest BCUT2D eigenvalue weighted by molar-refractivity contribution is 0.196. The molecule has 3 aromatic heterocycles. The van der Waals surface area contributed by atoms with E-state index in [0.29, 0.717) is 0 Å². The zero-order valence-corrected chi connectivity index (χ0v) is 18.7. The van der Waals surface area contributed by atoms with Gasteiger partial charge in [-0.25, -0.2) is 24.5 Å². The van der Waals surface area contributed by atoms with Gasteiger partial charge in [0.05, 0.1) is 0 Å². The van der Waals surface area contributed by atoms with E-state index in [1.54, 1.807) is 43.5 Å². The fourth-order valence-electron chi connectivity index (χ4n) is 3.70. The van der Waals surface area contributed by atoms with Gasteiger partial charge in [0.15, 0.2) is 0 Å². The highest BCUT2D eigenvalue weighted by atomic mass is 16.2. The van der Waals surface area contributed by atoms with Gasteiger partial charge in [-0.3, -0.25) is 13.7 Å². The lowest BCUT2D eigenvalue weighted by Crippen LogP contribution is -2.49. The second-order valence-electron chi connectivity index (χ2n) is 7.80. The number of hydrogen-bond donors (Lipinski definition) is 0. The number of carbonyl (C=O) groups excluding carboxylic acids is 2. The molecule has 10 nitrogen and oxygen atoms in total. The van der Waals surface area contributed by atoms with Crippen molar-refractivity contribution in [3.05, 3.63) is 85.5 Å². The van der Waals surface area contributed by atoms with E-state index in [4.69, 9.17) is 0 Å². The van der Waals surface area contributed by atoms with Crippen LogP contribution in [0.25, 0.3) is 0 Å². The van der Waals surface area contributed by atoms with Crippen LogP contribution in [0.1, 0.15) is 11.1 Å². The van der Waals surface area contributed by atoms with Crippen LogP contribution < -0.4 is 4.90 Å². The Kier molecular flexibility index (Phi) is 6.63. The third-order valence-corrected chi connectivity index (χ3v) is 5.30. The van der Waals surface area contributed by atoms with Gasteiger partial charge in [0.25, 0.3) is 0 Å². The average Bonchev–Trinajstić information content (AvgIpc) is 3.61. The Hall–Kier alpha value is -4.21. The minimum Gasteiger partial charge on any atom is -0.368 e. The maximum absolute atomic E-state index is 12.2. The summed E-state index contributed by atoms with van der Waals surface area (Å²) in [7, 11) is 0. The number of aryl methyl sites for hydroxylation is 2. The largest absolute Gasteiger partial charge is 0.368 e. The SMILES string of the molecule is Cc1cc(C)cc(N2CCN(C(=O)n3ccnc3)CC2)c1.O=C(n1ccnc1)n1ccnc1. The summed E-state index contributed by atoms with van der Waals surface area (Å²) in [5.74, 6) is 0. The maximum atomic E-state index is 12.2. The van der Waals surface area contributed by atoms with E-state index in [1.807, 2.05) is 4.90 Å². The smallest absolute Gasteiger partial charge is 0.338 e. The van der Waals surface area contributed by atoms with E-state index >= 15 is 0 Å². The van der Waals surface area contributed by atoms with Gasteiger partial charge in [-0.05, 0) is 37.1 Å². The van der Waals surface area contributed by atoms with Gasteiger partial charge in [-0.15, -0.1) is 0 Å². The molecule has 0 N–H and O–H groups in total. The van der Waals surface area contributed by atoms with Crippen LogP contribution in [-0.4, -0.2) is 71.8 Å². The number of amides is 1. The van der Waals surface area contributed by atoms with Gasteiger partial charge < -0.3 is 9.80 Å². The highest BCUT2D eigenvalue weighted by Gasteiger charge is 2.22. The summed E-state index contributed by atoms with van der Waals surface area (Å²) in [6.45, 7) is 7.45. The summed E-state index contributed by atoms with van der Waals surface area (Å²) in [5.41, 5.74) is 3.81. The van der Waals surface area contributed by atoms with Crippen molar-refractivity contribution in [3.63, 3.8) is 0 Å². The van der Waals surface area contributed by atoms with Crippen LogP contribution in [0.3, 0.4) is 0 Å². The van der Waals surface area contributed by atoms with Gasteiger partial charge in [0.2, 0.25) is 0 Å². The molecule has 0 saturated carbocycles. The molecule has 0 atom stereocenters. The Morgan fingerprint density at radius 2 is 1.12 bits per heavy atom. The third kappa shape index (κ3) is 5.35. The zero-order chi connectivity index (χ0) is 23.2. The van der Waals surface area contributed by atoms with Crippen molar-refractivity contribution >= 4 is 17.7 Å². The molecule has 4 aromatic rings. The molecule has 1 saturated heterocycles. The summed E-state index contributed by atoms with van der Waals surface area (Å²) < 4.78 is 4.29. The predicted octanol–water partition coefficient (Wildman–Crippen LogP) is 2.89. The van der Waals surface area contributed by atoms with E-state index in [-0.39, 0.29) is 12.1 Å². The summed E-state index contributed by atoms with van der Waals surface area (Å²) in [6, 6.07) is 6.42. The van der Waals surface area contributed by atoms with Crippen molar-refractivity contribution in [3.8, 4) is 0 Å². The van der Waals surface area contributed by atoms with E-state index in [2.05, 4.69) is 51.9 Å². The molecule has 1 aliphatic rings. The standard InChI is InChI=1S/C16H20N4O.C7H6N4O/c1-13-9-14(2)11-15(10-13)18-5-7-19(8-6-18)16(21)20-4-3-17-12-20;12-7(10-3-1-8-5-10)11-4-2-9-6-11/h3-4,9-12H,5-8H2,1-2H3;1-6H. The summed E-state index contributed by atoms with van der Waals surface area (Å²) in [6.07, 6.45) is 14.0. The van der Waals surface area contributed by atoms with Gasteiger partial charge in [-0.2, -0.15) is 0 Å². The lowest BCUT2D eigenvalue weighted by atomic mass is 10.1. The molecular formula is C23H26N8O2. The lowest BCUT2D eigenvalue weighted by Gasteiger charge is -2.36. The third-order valence-electron chi connectivity index (χ3n) is 5.30. The number of nitrogens with zero attached hydrogens (tertiary/aromatic N) is 8. The fraction of sp³-hybridized carbons (Fsp3) is 0.261. The van der Waals surface area contributed by atoms with Crippen molar-refractivity contribution in [1.29, 1.82) is 0 Å². The number of imidazole rings is 3. The molecule has 0 unspecified atom stereocenters. The molecule has 1 fully saturated rings. The van der Waals surface area contributed by atoms with Crippen molar-refractivity contribution < 1.29 is 9.59 Å². The normalized spacial score (nSPS) is 13.4. The molecule has 170 valence electrons. The molecule has 33 heavy (non-hydrogen) atoms. The van der Waals surface area contributed by atoms with Crippen LogP contribution >= 0.6 is 0 Å².